The van der Waals surface area contributed by atoms with E-state index in [0.717, 1.165) is 10.6 Å². The zero-order valence-corrected chi connectivity index (χ0v) is 12.2. The van der Waals surface area contributed by atoms with Crippen molar-refractivity contribution in [2.24, 2.45) is 0 Å². The standard InChI is InChI=1S/C15H15N3O2S/c19-14(10-13-5-2-8-21-13)17-11-3-1-4-12(9-11)18-7-6-16-15(18)20/h1-5,8-9H,6-7,10H2,(H,16,20)(H,17,19). The number of amides is 3. The second-order valence-corrected chi connectivity index (χ2v) is 5.77. The van der Waals surface area contributed by atoms with Crippen LogP contribution in [0.1, 0.15) is 4.88 Å². The van der Waals surface area contributed by atoms with E-state index < -0.39 is 0 Å². The number of anilines is 2. The quantitative estimate of drug-likeness (QED) is 0.911. The Hall–Kier alpha value is -2.34. The van der Waals surface area contributed by atoms with Gasteiger partial charge >= 0.3 is 6.03 Å². The summed E-state index contributed by atoms with van der Waals surface area (Å²) in [5, 5.41) is 7.58. The van der Waals surface area contributed by atoms with Gasteiger partial charge in [-0.15, -0.1) is 11.3 Å². The molecule has 2 heterocycles. The third-order valence-corrected chi connectivity index (χ3v) is 4.09. The lowest BCUT2D eigenvalue weighted by Gasteiger charge is -2.15. The summed E-state index contributed by atoms with van der Waals surface area (Å²) in [5.41, 5.74) is 1.49. The molecule has 0 atom stereocenters. The SMILES string of the molecule is O=C(Cc1cccs1)Nc1cccc(N2CCNC2=O)c1. The van der Waals surface area contributed by atoms with Crippen molar-refractivity contribution in [3.63, 3.8) is 0 Å². The Balaban J connectivity index is 1.68. The summed E-state index contributed by atoms with van der Waals surface area (Å²) in [6.07, 6.45) is 0.367. The van der Waals surface area contributed by atoms with E-state index in [9.17, 15) is 9.59 Å². The fourth-order valence-electron chi connectivity index (χ4n) is 2.25. The van der Waals surface area contributed by atoms with Gasteiger partial charge in [0.15, 0.2) is 0 Å². The van der Waals surface area contributed by atoms with E-state index in [0.29, 0.717) is 25.2 Å². The largest absolute Gasteiger partial charge is 0.336 e. The lowest BCUT2D eigenvalue weighted by Crippen LogP contribution is -2.27. The van der Waals surface area contributed by atoms with Crippen LogP contribution >= 0.6 is 11.3 Å². The van der Waals surface area contributed by atoms with E-state index in [1.807, 2.05) is 41.8 Å². The first-order valence-corrected chi connectivity index (χ1v) is 7.58. The van der Waals surface area contributed by atoms with Gasteiger partial charge in [-0.25, -0.2) is 4.79 Å². The van der Waals surface area contributed by atoms with E-state index in [1.165, 1.54) is 0 Å². The average molecular weight is 301 g/mol. The molecule has 3 amide bonds. The predicted molar refractivity (Wildman–Crippen MR) is 83.8 cm³/mol. The van der Waals surface area contributed by atoms with Crippen LogP contribution in [0.3, 0.4) is 0 Å². The van der Waals surface area contributed by atoms with Gasteiger partial charge in [0.2, 0.25) is 5.91 Å². The first kappa shape index (κ1) is 13.6. The monoisotopic (exact) mass is 301 g/mol. The van der Waals surface area contributed by atoms with Crippen LogP contribution in [0.2, 0.25) is 0 Å². The molecule has 0 unspecified atom stereocenters. The summed E-state index contributed by atoms with van der Waals surface area (Å²) >= 11 is 1.56. The van der Waals surface area contributed by atoms with E-state index in [-0.39, 0.29) is 11.9 Å². The molecule has 0 saturated carbocycles. The molecule has 21 heavy (non-hydrogen) atoms. The number of urea groups is 1. The number of nitrogens with zero attached hydrogens (tertiary/aromatic N) is 1. The molecule has 0 bridgehead atoms. The van der Waals surface area contributed by atoms with Gasteiger partial charge in [-0.3, -0.25) is 9.69 Å². The Kier molecular flexibility index (Phi) is 3.87. The number of hydrogen-bond acceptors (Lipinski definition) is 3. The van der Waals surface area contributed by atoms with Crippen molar-refractivity contribution in [2.45, 2.75) is 6.42 Å². The molecule has 3 rings (SSSR count). The average Bonchev–Trinajstić information content (AvgIpc) is 3.10. The van der Waals surface area contributed by atoms with Gasteiger partial charge in [0, 0.05) is 29.3 Å². The van der Waals surface area contributed by atoms with Crippen LogP contribution in [0.15, 0.2) is 41.8 Å². The molecule has 1 aromatic carbocycles. The summed E-state index contributed by atoms with van der Waals surface area (Å²) in [6, 6.07) is 11.1. The Morgan fingerprint density at radius 2 is 2.24 bits per heavy atom. The van der Waals surface area contributed by atoms with Crippen LogP contribution in [0.25, 0.3) is 0 Å². The van der Waals surface area contributed by atoms with Crippen LogP contribution in [-0.4, -0.2) is 25.0 Å². The highest BCUT2D eigenvalue weighted by Crippen LogP contribution is 2.21. The van der Waals surface area contributed by atoms with Gasteiger partial charge in [0.1, 0.15) is 0 Å². The fourth-order valence-corrected chi connectivity index (χ4v) is 2.95. The van der Waals surface area contributed by atoms with E-state index >= 15 is 0 Å². The van der Waals surface area contributed by atoms with Crippen molar-refractivity contribution in [3.8, 4) is 0 Å². The van der Waals surface area contributed by atoms with Crippen LogP contribution in [0.5, 0.6) is 0 Å². The minimum absolute atomic E-state index is 0.0551. The first-order valence-electron chi connectivity index (χ1n) is 6.70. The molecule has 1 aromatic heterocycles. The van der Waals surface area contributed by atoms with Crippen LogP contribution in [-0.2, 0) is 11.2 Å². The molecular formula is C15H15N3O2S. The van der Waals surface area contributed by atoms with Crippen molar-refractivity contribution in [1.29, 1.82) is 0 Å². The number of benzene rings is 1. The van der Waals surface area contributed by atoms with Crippen LogP contribution in [0.4, 0.5) is 16.2 Å². The smallest absolute Gasteiger partial charge is 0.321 e. The summed E-state index contributed by atoms with van der Waals surface area (Å²) in [6.45, 7) is 1.29. The molecule has 1 aliphatic rings. The fraction of sp³-hybridized carbons (Fsp3) is 0.200. The number of carbonyl (C=O) groups is 2. The molecule has 1 fully saturated rings. The topological polar surface area (TPSA) is 61.4 Å². The van der Waals surface area contributed by atoms with Crippen molar-refractivity contribution in [3.05, 3.63) is 46.7 Å². The van der Waals surface area contributed by atoms with E-state index in [4.69, 9.17) is 0 Å². The Morgan fingerprint density at radius 1 is 1.33 bits per heavy atom. The van der Waals surface area contributed by atoms with Crippen molar-refractivity contribution in [1.82, 2.24) is 5.32 Å². The Labute approximate surface area is 126 Å². The minimum atomic E-state index is -0.0999. The highest BCUT2D eigenvalue weighted by molar-refractivity contribution is 7.10. The number of nitrogens with one attached hydrogen (secondary N) is 2. The van der Waals surface area contributed by atoms with E-state index in [2.05, 4.69) is 10.6 Å². The highest BCUT2D eigenvalue weighted by Gasteiger charge is 2.21. The third-order valence-electron chi connectivity index (χ3n) is 3.21. The minimum Gasteiger partial charge on any atom is -0.336 e. The van der Waals surface area contributed by atoms with Gasteiger partial charge in [-0.05, 0) is 29.6 Å². The number of thiophene rings is 1. The van der Waals surface area contributed by atoms with E-state index in [1.54, 1.807) is 16.2 Å². The molecule has 0 radical (unpaired) electrons. The molecule has 2 aromatic rings. The highest BCUT2D eigenvalue weighted by atomic mass is 32.1. The lowest BCUT2D eigenvalue weighted by molar-refractivity contribution is -0.115. The lowest BCUT2D eigenvalue weighted by atomic mass is 10.2. The number of rotatable bonds is 4. The molecule has 0 aliphatic carbocycles. The number of carbonyl (C=O) groups excluding carboxylic acids is 2. The summed E-state index contributed by atoms with van der Waals surface area (Å²) in [4.78, 5) is 26.3. The maximum Gasteiger partial charge on any atom is 0.321 e. The molecule has 6 heteroatoms. The van der Waals surface area contributed by atoms with Gasteiger partial charge in [0.05, 0.1) is 6.42 Å². The maximum absolute atomic E-state index is 12.0. The molecule has 108 valence electrons. The van der Waals surface area contributed by atoms with Gasteiger partial charge in [-0.2, -0.15) is 0 Å². The number of hydrogen-bond donors (Lipinski definition) is 2. The van der Waals surface area contributed by atoms with Gasteiger partial charge in [0.25, 0.3) is 0 Å². The zero-order valence-electron chi connectivity index (χ0n) is 11.3. The summed E-state index contributed by atoms with van der Waals surface area (Å²) < 4.78 is 0. The van der Waals surface area contributed by atoms with Gasteiger partial charge in [-0.1, -0.05) is 12.1 Å². The van der Waals surface area contributed by atoms with Crippen LogP contribution in [0, 0.1) is 0 Å². The zero-order chi connectivity index (χ0) is 14.7. The predicted octanol–water partition coefficient (Wildman–Crippen LogP) is 2.46. The first-order chi connectivity index (χ1) is 10.2. The second kappa shape index (κ2) is 5.97. The summed E-state index contributed by atoms with van der Waals surface area (Å²) in [5.74, 6) is -0.0551. The molecule has 2 N–H and O–H groups in total. The molecule has 1 saturated heterocycles. The van der Waals surface area contributed by atoms with Gasteiger partial charge < -0.3 is 10.6 Å². The molecule has 1 aliphatic heterocycles. The molecular weight excluding hydrogens is 286 g/mol. The molecule has 5 nitrogen and oxygen atoms in total. The van der Waals surface area contributed by atoms with Crippen LogP contribution < -0.4 is 15.5 Å². The third kappa shape index (κ3) is 3.22. The van der Waals surface area contributed by atoms with Crippen molar-refractivity contribution in [2.75, 3.05) is 23.3 Å². The molecule has 0 spiro atoms. The normalized spacial score (nSPS) is 14.1. The van der Waals surface area contributed by atoms with Crippen molar-refractivity contribution < 1.29 is 9.59 Å². The Bertz CT molecular complexity index is 655. The van der Waals surface area contributed by atoms with Crippen molar-refractivity contribution >= 4 is 34.6 Å². The second-order valence-electron chi connectivity index (χ2n) is 4.74. The summed E-state index contributed by atoms with van der Waals surface area (Å²) in [7, 11) is 0. The Morgan fingerprint density at radius 3 is 2.95 bits per heavy atom. The maximum atomic E-state index is 12.0.